The maximum atomic E-state index is 4.35. The Morgan fingerprint density at radius 3 is 3.10 bits per heavy atom. The molecule has 20 heavy (non-hydrogen) atoms. The molecule has 0 aliphatic heterocycles. The molecule has 0 amide bonds. The van der Waals surface area contributed by atoms with Gasteiger partial charge in [0, 0.05) is 0 Å². The molecule has 100 valence electrons. The summed E-state index contributed by atoms with van der Waals surface area (Å²) in [6.07, 6.45) is 6.69. The molecule has 2 heterocycles. The van der Waals surface area contributed by atoms with Crippen molar-refractivity contribution in [2.45, 2.75) is 25.3 Å². The van der Waals surface area contributed by atoms with Crippen LogP contribution in [0.25, 0.3) is 11.2 Å². The number of hydrogen-bond donors (Lipinski definition) is 2. The van der Waals surface area contributed by atoms with Gasteiger partial charge in [0.05, 0.1) is 12.4 Å². The SMILES string of the molecule is c1ccc2c(c1)CCC[C@@H]2Nc1ncnc2nc[nH]c12. The Hall–Kier alpha value is -2.43. The summed E-state index contributed by atoms with van der Waals surface area (Å²) in [6, 6.07) is 8.94. The lowest BCUT2D eigenvalue weighted by molar-refractivity contribution is 0.599. The van der Waals surface area contributed by atoms with Gasteiger partial charge in [-0.3, -0.25) is 0 Å². The largest absolute Gasteiger partial charge is 0.361 e. The molecule has 1 aliphatic rings. The summed E-state index contributed by atoms with van der Waals surface area (Å²) in [7, 11) is 0. The van der Waals surface area contributed by atoms with Crippen LogP contribution in [0.2, 0.25) is 0 Å². The maximum Gasteiger partial charge on any atom is 0.182 e. The predicted octanol–water partition coefficient (Wildman–Crippen LogP) is 2.84. The summed E-state index contributed by atoms with van der Waals surface area (Å²) in [5.41, 5.74) is 4.39. The third-order valence-electron chi connectivity index (χ3n) is 3.90. The number of imidazole rings is 1. The van der Waals surface area contributed by atoms with E-state index in [4.69, 9.17) is 0 Å². The highest BCUT2D eigenvalue weighted by Gasteiger charge is 2.20. The molecule has 0 spiro atoms. The average Bonchev–Trinajstić information content (AvgIpc) is 2.97. The molecule has 3 aromatic rings. The van der Waals surface area contributed by atoms with Gasteiger partial charge in [-0.1, -0.05) is 24.3 Å². The Bertz CT molecular complexity index is 749. The minimum Gasteiger partial charge on any atom is -0.361 e. The number of nitrogens with one attached hydrogen (secondary N) is 2. The predicted molar refractivity (Wildman–Crippen MR) is 77.4 cm³/mol. The molecule has 0 radical (unpaired) electrons. The standard InChI is InChI=1S/C15H15N5/c1-2-6-11-10(4-1)5-3-7-12(11)20-15-13-14(17-8-16-13)18-9-19-15/h1-2,4,6,8-9,12H,3,5,7H2,(H2,16,17,18,19,20)/t12-/m0/s1. The van der Waals surface area contributed by atoms with E-state index in [1.165, 1.54) is 17.5 Å². The average molecular weight is 265 g/mol. The number of aryl methyl sites for hydroxylation is 1. The summed E-state index contributed by atoms with van der Waals surface area (Å²) in [4.78, 5) is 15.8. The molecule has 4 rings (SSSR count). The number of benzene rings is 1. The fraction of sp³-hybridized carbons (Fsp3) is 0.267. The molecule has 5 heteroatoms. The topological polar surface area (TPSA) is 66.5 Å². The van der Waals surface area contributed by atoms with E-state index in [0.29, 0.717) is 11.7 Å². The summed E-state index contributed by atoms with van der Waals surface area (Å²) in [6.45, 7) is 0. The van der Waals surface area contributed by atoms with Gasteiger partial charge >= 0.3 is 0 Å². The highest BCUT2D eigenvalue weighted by molar-refractivity contribution is 5.82. The highest BCUT2D eigenvalue weighted by atomic mass is 15.1. The van der Waals surface area contributed by atoms with E-state index < -0.39 is 0 Å². The summed E-state index contributed by atoms with van der Waals surface area (Å²) >= 11 is 0. The normalized spacial score (nSPS) is 17.9. The maximum absolute atomic E-state index is 4.35. The summed E-state index contributed by atoms with van der Waals surface area (Å²) in [5.74, 6) is 0.828. The molecule has 2 aromatic heterocycles. The molecule has 0 saturated heterocycles. The molecular formula is C15H15N5. The highest BCUT2D eigenvalue weighted by Crippen LogP contribution is 2.32. The molecule has 5 nitrogen and oxygen atoms in total. The lowest BCUT2D eigenvalue weighted by atomic mass is 9.88. The number of aromatic nitrogens is 4. The minimum atomic E-state index is 0.307. The molecule has 0 saturated carbocycles. The summed E-state index contributed by atoms with van der Waals surface area (Å²) in [5, 5.41) is 3.54. The van der Waals surface area contributed by atoms with Crippen LogP contribution in [0.5, 0.6) is 0 Å². The van der Waals surface area contributed by atoms with E-state index in [0.717, 1.165) is 24.2 Å². The van der Waals surface area contributed by atoms with Crippen molar-refractivity contribution in [2.75, 3.05) is 5.32 Å². The second kappa shape index (κ2) is 4.59. The van der Waals surface area contributed by atoms with Gasteiger partial charge in [0.2, 0.25) is 0 Å². The van der Waals surface area contributed by atoms with Gasteiger partial charge in [-0.15, -0.1) is 0 Å². The van der Waals surface area contributed by atoms with E-state index in [1.807, 2.05) is 0 Å². The van der Waals surface area contributed by atoms with Crippen molar-refractivity contribution in [3.05, 3.63) is 48.0 Å². The van der Waals surface area contributed by atoms with Crippen LogP contribution in [0.3, 0.4) is 0 Å². The van der Waals surface area contributed by atoms with Crippen molar-refractivity contribution in [2.24, 2.45) is 0 Å². The van der Waals surface area contributed by atoms with Crippen LogP contribution < -0.4 is 5.32 Å². The molecule has 1 atom stereocenters. The van der Waals surface area contributed by atoms with Crippen molar-refractivity contribution < 1.29 is 0 Å². The van der Waals surface area contributed by atoms with Crippen LogP contribution in [-0.4, -0.2) is 19.9 Å². The van der Waals surface area contributed by atoms with Crippen LogP contribution in [-0.2, 0) is 6.42 Å². The van der Waals surface area contributed by atoms with Gasteiger partial charge in [0.1, 0.15) is 11.8 Å². The van der Waals surface area contributed by atoms with Gasteiger partial charge in [-0.25, -0.2) is 15.0 Å². The number of H-pyrrole nitrogens is 1. The quantitative estimate of drug-likeness (QED) is 0.747. The lowest BCUT2D eigenvalue weighted by Crippen LogP contribution is -2.18. The van der Waals surface area contributed by atoms with Crippen molar-refractivity contribution in [1.82, 2.24) is 19.9 Å². The first-order chi connectivity index (χ1) is 9.92. The van der Waals surface area contributed by atoms with Gasteiger partial charge in [-0.2, -0.15) is 0 Å². The Kier molecular flexibility index (Phi) is 2.62. The van der Waals surface area contributed by atoms with Crippen molar-refractivity contribution in [3.63, 3.8) is 0 Å². The number of fused-ring (bicyclic) bond motifs is 2. The first-order valence-electron chi connectivity index (χ1n) is 6.90. The number of anilines is 1. The van der Waals surface area contributed by atoms with E-state index in [9.17, 15) is 0 Å². The molecule has 0 fully saturated rings. The molecule has 0 unspecified atom stereocenters. The van der Waals surface area contributed by atoms with Gasteiger partial charge in [0.25, 0.3) is 0 Å². The fourth-order valence-corrected chi connectivity index (χ4v) is 2.94. The van der Waals surface area contributed by atoms with Crippen molar-refractivity contribution >= 4 is 17.0 Å². The molecule has 1 aliphatic carbocycles. The zero-order valence-corrected chi connectivity index (χ0v) is 11.0. The Labute approximate surface area is 116 Å². The van der Waals surface area contributed by atoms with Crippen LogP contribution in [0.1, 0.15) is 30.0 Å². The number of hydrogen-bond acceptors (Lipinski definition) is 4. The van der Waals surface area contributed by atoms with Gasteiger partial charge in [0.15, 0.2) is 11.5 Å². The van der Waals surface area contributed by atoms with E-state index in [-0.39, 0.29) is 0 Å². The van der Waals surface area contributed by atoms with Crippen LogP contribution >= 0.6 is 0 Å². The molecule has 0 bridgehead atoms. The monoisotopic (exact) mass is 265 g/mol. The van der Waals surface area contributed by atoms with Crippen molar-refractivity contribution in [3.8, 4) is 0 Å². The van der Waals surface area contributed by atoms with E-state index >= 15 is 0 Å². The smallest absolute Gasteiger partial charge is 0.182 e. The Morgan fingerprint density at radius 2 is 2.10 bits per heavy atom. The minimum absolute atomic E-state index is 0.307. The van der Waals surface area contributed by atoms with Crippen LogP contribution in [0, 0.1) is 0 Å². The van der Waals surface area contributed by atoms with E-state index in [1.54, 1.807) is 12.7 Å². The third kappa shape index (κ3) is 1.82. The molecular weight excluding hydrogens is 250 g/mol. The number of nitrogens with zero attached hydrogens (tertiary/aromatic N) is 3. The van der Waals surface area contributed by atoms with Gasteiger partial charge < -0.3 is 10.3 Å². The number of aromatic amines is 1. The van der Waals surface area contributed by atoms with Crippen molar-refractivity contribution in [1.29, 1.82) is 0 Å². The molecule has 2 N–H and O–H groups in total. The third-order valence-corrected chi connectivity index (χ3v) is 3.90. The number of rotatable bonds is 2. The van der Waals surface area contributed by atoms with Crippen LogP contribution in [0.15, 0.2) is 36.9 Å². The molecule has 1 aromatic carbocycles. The van der Waals surface area contributed by atoms with E-state index in [2.05, 4.69) is 49.5 Å². The zero-order valence-electron chi connectivity index (χ0n) is 11.0. The van der Waals surface area contributed by atoms with Gasteiger partial charge in [-0.05, 0) is 30.4 Å². The summed E-state index contributed by atoms with van der Waals surface area (Å²) < 4.78 is 0. The first-order valence-corrected chi connectivity index (χ1v) is 6.90. The Morgan fingerprint density at radius 1 is 1.15 bits per heavy atom. The second-order valence-electron chi connectivity index (χ2n) is 5.11. The fourth-order valence-electron chi connectivity index (χ4n) is 2.94. The Balaban J connectivity index is 1.72. The zero-order chi connectivity index (χ0) is 13.4. The van der Waals surface area contributed by atoms with Crippen LogP contribution in [0.4, 0.5) is 5.82 Å². The second-order valence-corrected chi connectivity index (χ2v) is 5.11. The first kappa shape index (κ1) is 11.4. The lowest BCUT2D eigenvalue weighted by Gasteiger charge is -2.26.